The minimum Gasteiger partial charge on any atom is -0.466 e. The maximum Gasteiger partial charge on any atom is 0.305 e. The van der Waals surface area contributed by atoms with Crippen LogP contribution in [0.15, 0.2) is 60.8 Å². The number of aliphatic hydroxyl groups excluding tert-OH is 2. The number of nitrogens with one attached hydrogen (secondary N) is 1. The van der Waals surface area contributed by atoms with Crippen molar-refractivity contribution in [3.05, 3.63) is 60.8 Å². The summed E-state index contributed by atoms with van der Waals surface area (Å²) >= 11 is 0. The highest BCUT2D eigenvalue weighted by molar-refractivity contribution is 5.76. The zero-order valence-corrected chi connectivity index (χ0v) is 44.4. The van der Waals surface area contributed by atoms with E-state index in [0.29, 0.717) is 25.9 Å². The van der Waals surface area contributed by atoms with E-state index in [2.05, 4.69) is 61.7 Å². The first-order valence-corrected chi connectivity index (χ1v) is 29.1. The number of amides is 1. The number of unbranched alkanes of at least 4 members (excludes halogenated alkanes) is 34. The molecule has 0 aliphatic heterocycles. The Morgan fingerprint density at radius 2 is 0.791 bits per heavy atom. The molecule has 0 fully saturated rings. The van der Waals surface area contributed by atoms with Crippen LogP contribution in [0.2, 0.25) is 0 Å². The molecule has 0 bridgehead atoms. The number of hydrogen-bond acceptors (Lipinski definition) is 5. The second-order valence-electron chi connectivity index (χ2n) is 19.6. The van der Waals surface area contributed by atoms with Crippen molar-refractivity contribution in [2.24, 2.45) is 0 Å². The van der Waals surface area contributed by atoms with E-state index in [4.69, 9.17) is 4.74 Å². The summed E-state index contributed by atoms with van der Waals surface area (Å²) in [6.07, 6.45) is 72.6. The first-order valence-electron chi connectivity index (χ1n) is 29.1. The zero-order chi connectivity index (χ0) is 48.6. The summed E-state index contributed by atoms with van der Waals surface area (Å²) in [5.74, 6) is -0.183. The Labute approximate surface area is 416 Å². The molecule has 0 radical (unpaired) electrons. The lowest BCUT2D eigenvalue weighted by molar-refractivity contribution is -0.143. The molecule has 0 aromatic carbocycles. The Hall–Kier alpha value is -2.44. The van der Waals surface area contributed by atoms with Crippen molar-refractivity contribution in [1.82, 2.24) is 5.32 Å². The number of rotatable bonds is 53. The molecule has 0 heterocycles. The van der Waals surface area contributed by atoms with Gasteiger partial charge in [0.1, 0.15) is 0 Å². The Morgan fingerprint density at radius 1 is 0.418 bits per heavy atom. The molecule has 0 rings (SSSR count). The molecule has 390 valence electrons. The minimum atomic E-state index is -0.882. The van der Waals surface area contributed by atoms with Crippen LogP contribution >= 0.6 is 0 Å². The first-order chi connectivity index (χ1) is 33.0. The molecular formula is C61H111NO5. The van der Waals surface area contributed by atoms with Crippen LogP contribution < -0.4 is 5.32 Å². The van der Waals surface area contributed by atoms with Gasteiger partial charge in [0.2, 0.25) is 5.91 Å². The summed E-state index contributed by atoms with van der Waals surface area (Å²) in [5, 5.41) is 23.1. The fourth-order valence-electron chi connectivity index (χ4n) is 8.54. The van der Waals surface area contributed by atoms with Gasteiger partial charge in [-0.2, -0.15) is 0 Å². The van der Waals surface area contributed by atoms with Gasteiger partial charge in [0.05, 0.1) is 25.4 Å². The predicted octanol–water partition coefficient (Wildman–Crippen LogP) is 18.0. The second-order valence-corrected chi connectivity index (χ2v) is 19.6. The largest absolute Gasteiger partial charge is 0.466 e. The average molecular weight is 939 g/mol. The molecule has 2 unspecified atom stereocenters. The van der Waals surface area contributed by atoms with E-state index < -0.39 is 12.1 Å². The fourth-order valence-corrected chi connectivity index (χ4v) is 8.54. The third-order valence-corrected chi connectivity index (χ3v) is 13.0. The van der Waals surface area contributed by atoms with Crippen LogP contribution in [0.4, 0.5) is 0 Å². The first kappa shape index (κ1) is 64.6. The van der Waals surface area contributed by atoms with E-state index in [0.717, 1.165) is 64.2 Å². The summed E-state index contributed by atoms with van der Waals surface area (Å²) in [6.45, 7) is 4.77. The van der Waals surface area contributed by atoms with Gasteiger partial charge in [-0.1, -0.05) is 261 Å². The number of carbonyl (C=O) groups is 2. The number of ether oxygens (including phenoxy) is 1. The van der Waals surface area contributed by atoms with Crippen molar-refractivity contribution in [3.63, 3.8) is 0 Å². The summed E-state index contributed by atoms with van der Waals surface area (Å²) in [7, 11) is 0. The fraction of sp³-hybridized carbons (Fsp3) is 0.803. The molecule has 0 saturated heterocycles. The number of allylic oxidation sites excluding steroid dienone is 9. The van der Waals surface area contributed by atoms with Gasteiger partial charge in [0.15, 0.2) is 0 Å². The molecule has 2 atom stereocenters. The summed E-state index contributed by atoms with van der Waals surface area (Å²) in [5.41, 5.74) is 0. The topological polar surface area (TPSA) is 95.9 Å². The zero-order valence-electron chi connectivity index (χ0n) is 44.4. The van der Waals surface area contributed by atoms with Gasteiger partial charge in [-0.05, 0) is 77.0 Å². The third kappa shape index (κ3) is 52.8. The number of hydrogen-bond donors (Lipinski definition) is 3. The van der Waals surface area contributed by atoms with Gasteiger partial charge in [0, 0.05) is 12.8 Å². The van der Waals surface area contributed by atoms with Crippen LogP contribution in [0, 0.1) is 0 Å². The Balaban J connectivity index is 3.59. The van der Waals surface area contributed by atoms with E-state index in [1.54, 1.807) is 6.08 Å². The van der Waals surface area contributed by atoms with E-state index in [1.165, 1.54) is 193 Å². The molecule has 6 nitrogen and oxygen atoms in total. The molecule has 0 spiro atoms. The van der Waals surface area contributed by atoms with Crippen molar-refractivity contribution in [3.8, 4) is 0 Å². The molecule has 0 aromatic rings. The number of aliphatic hydroxyl groups is 2. The van der Waals surface area contributed by atoms with Gasteiger partial charge in [-0.15, -0.1) is 0 Å². The Morgan fingerprint density at radius 3 is 1.22 bits per heavy atom. The van der Waals surface area contributed by atoms with Crippen LogP contribution in [0.25, 0.3) is 0 Å². The average Bonchev–Trinajstić information content (AvgIpc) is 3.33. The monoisotopic (exact) mass is 938 g/mol. The van der Waals surface area contributed by atoms with Gasteiger partial charge in [0.25, 0.3) is 0 Å². The van der Waals surface area contributed by atoms with Crippen LogP contribution in [0.1, 0.15) is 290 Å². The van der Waals surface area contributed by atoms with Crippen molar-refractivity contribution in [2.45, 2.75) is 302 Å². The smallest absolute Gasteiger partial charge is 0.305 e. The highest BCUT2D eigenvalue weighted by Crippen LogP contribution is 2.16. The van der Waals surface area contributed by atoms with Crippen LogP contribution in [0.5, 0.6) is 0 Å². The van der Waals surface area contributed by atoms with Crippen molar-refractivity contribution in [1.29, 1.82) is 0 Å². The lowest BCUT2D eigenvalue weighted by Crippen LogP contribution is -2.45. The maximum absolute atomic E-state index is 12.4. The standard InChI is InChI=1S/C61H111NO5/c1-3-5-7-9-11-13-15-17-18-19-20-21-22-23-24-25-26-27-30-33-37-41-45-49-53-59(64)58(57-63)62-60(65)54-50-46-42-38-34-31-28-32-36-40-44-48-52-56-67-61(66)55-51-47-43-39-35-29-16-14-12-10-8-6-4-2/h8,10,14,16,31,34,42,46,49,53,58-59,63-64H,3-7,9,11-13,15,17-30,32-33,35-41,43-45,47-48,50-52,54-57H2,1-2H3,(H,62,65)/b10-8-,16-14-,34-31-,46-42-,53-49+. The molecular weight excluding hydrogens is 827 g/mol. The van der Waals surface area contributed by atoms with Gasteiger partial charge < -0.3 is 20.3 Å². The minimum absolute atomic E-state index is 0.0342. The molecule has 0 aliphatic rings. The molecule has 1 amide bonds. The molecule has 0 aliphatic carbocycles. The highest BCUT2D eigenvalue weighted by atomic mass is 16.5. The summed E-state index contributed by atoms with van der Waals surface area (Å²) in [6, 6.07) is -0.675. The van der Waals surface area contributed by atoms with E-state index >= 15 is 0 Å². The number of esters is 1. The molecule has 67 heavy (non-hydrogen) atoms. The maximum atomic E-state index is 12.4. The summed E-state index contributed by atoms with van der Waals surface area (Å²) in [4.78, 5) is 24.5. The lowest BCUT2D eigenvalue weighted by Gasteiger charge is -2.19. The molecule has 6 heteroatoms. The van der Waals surface area contributed by atoms with E-state index in [9.17, 15) is 19.8 Å². The second kappa shape index (κ2) is 56.2. The quantitative estimate of drug-likeness (QED) is 0.0321. The normalized spacial score (nSPS) is 13.1. The molecule has 0 aromatic heterocycles. The van der Waals surface area contributed by atoms with Gasteiger partial charge >= 0.3 is 5.97 Å². The van der Waals surface area contributed by atoms with Crippen LogP contribution in [-0.2, 0) is 14.3 Å². The van der Waals surface area contributed by atoms with Gasteiger partial charge in [-0.25, -0.2) is 0 Å². The highest BCUT2D eigenvalue weighted by Gasteiger charge is 2.17. The number of carbonyl (C=O) groups excluding carboxylic acids is 2. The van der Waals surface area contributed by atoms with Gasteiger partial charge in [-0.3, -0.25) is 9.59 Å². The van der Waals surface area contributed by atoms with E-state index in [-0.39, 0.29) is 18.5 Å². The van der Waals surface area contributed by atoms with Crippen molar-refractivity contribution >= 4 is 11.9 Å². The van der Waals surface area contributed by atoms with Crippen LogP contribution in [0.3, 0.4) is 0 Å². The Kier molecular flexibility index (Phi) is 54.1. The third-order valence-electron chi connectivity index (χ3n) is 13.0. The molecule has 3 N–H and O–H groups in total. The van der Waals surface area contributed by atoms with Crippen molar-refractivity contribution < 1.29 is 24.5 Å². The van der Waals surface area contributed by atoms with E-state index in [1.807, 2.05) is 12.2 Å². The predicted molar refractivity (Wildman–Crippen MR) is 292 cm³/mol. The molecule has 0 saturated carbocycles. The van der Waals surface area contributed by atoms with Crippen molar-refractivity contribution in [2.75, 3.05) is 13.2 Å². The lowest BCUT2D eigenvalue weighted by atomic mass is 10.0. The Bertz CT molecular complexity index is 1170. The summed E-state index contributed by atoms with van der Waals surface area (Å²) < 4.78 is 5.44. The SMILES string of the molecule is CCC/C=C\C/C=C\CCCCCCCC(=O)OCCCCCCCC/C=C\C/C=C\CCC(=O)NC(CO)C(O)/C=C/CCCCCCCCCCCCCCCCCCCCCCCC. The van der Waals surface area contributed by atoms with Crippen LogP contribution in [-0.4, -0.2) is 47.4 Å².